The number of thiazole rings is 1. The van der Waals surface area contributed by atoms with Gasteiger partial charge in [-0.15, -0.1) is 11.3 Å². The third kappa shape index (κ3) is 2.82. The Balaban J connectivity index is 1.92. The summed E-state index contributed by atoms with van der Waals surface area (Å²) in [6.07, 6.45) is 0.948. The smallest absolute Gasteiger partial charge is 0.264 e. The molecule has 0 aliphatic heterocycles. The highest BCUT2D eigenvalue weighted by Gasteiger charge is 2.09. The topological polar surface area (TPSA) is 67.3 Å². The normalized spacial score (nSPS) is 12.2. The summed E-state index contributed by atoms with van der Waals surface area (Å²) < 4.78 is 31.2. The summed E-state index contributed by atoms with van der Waals surface area (Å²) >= 11 is 1.58. The van der Waals surface area contributed by atoms with Crippen molar-refractivity contribution in [3.63, 3.8) is 0 Å². The minimum atomic E-state index is -3.88. The van der Waals surface area contributed by atoms with Crippen molar-refractivity contribution in [2.45, 2.75) is 12.8 Å². The lowest BCUT2D eigenvalue weighted by Crippen LogP contribution is -2.04. The van der Waals surface area contributed by atoms with Crippen LogP contribution in [-0.2, 0) is 16.5 Å². The van der Waals surface area contributed by atoms with E-state index in [9.17, 15) is 8.42 Å². The van der Waals surface area contributed by atoms with Crippen molar-refractivity contribution in [3.8, 4) is 0 Å². The van der Waals surface area contributed by atoms with E-state index >= 15 is 0 Å². The predicted molar refractivity (Wildman–Crippen MR) is 81.9 cm³/mol. The van der Waals surface area contributed by atoms with Gasteiger partial charge in [0.25, 0.3) is 10.1 Å². The van der Waals surface area contributed by atoms with Crippen LogP contribution >= 0.6 is 11.3 Å². The largest absolute Gasteiger partial charge is 0.286 e. The fraction of sp³-hybridized carbons (Fsp3) is 0.214. The summed E-state index contributed by atoms with van der Waals surface area (Å²) in [5.41, 5.74) is 0.968. The third-order valence-corrected chi connectivity index (χ3v) is 5.01. The lowest BCUT2D eigenvalue weighted by atomic mass is 10.1. The van der Waals surface area contributed by atoms with Crippen molar-refractivity contribution < 1.29 is 13.0 Å². The molecule has 6 heteroatoms. The van der Waals surface area contributed by atoms with Gasteiger partial charge in [0, 0.05) is 11.8 Å². The van der Waals surface area contributed by atoms with Gasteiger partial charge in [-0.25, -0.2) is 4.98 Å². The zero-order chi connectivity index (χ0) is 14.2. The molecule has 3 aromatic rings. The van der Waals surface area contributed by atoms with E-state index in [4.69, 9.17) is 4.55 Å². The third-order valence-electron chi connectivity index (χ3n) is 3.12. The molecule has 0 radical (unpaired) electrons. The van der Waals surface area contributed by atoms with E-state index in [2.05, 4.69) is 11.1 Å². The predicted octanol–water partition coefficient (Wildman–Crippen LogP) is 3.27. The zero-order valence-electron chi connectivity index (χ0n) is 10.6. The van der Waals surface area contributed by atoms with Crippen LogP contribution in [-0.4, -0.2) is 23.7 Å². The van der Waals surface area contributed by atoms with Gasteiger partial charge in [0.05, 0.1) is 21.0 Å². The van der Waals surface area contributed by atoms with Crippen molar-refractivity contribution in [1.29, 1.82) is 0 Å². The molecule has 0 saturated carbocycles. The quantitative estimate of drug-likeness (QED) is 0.751. The molecule has 3 rings (SSSR count). The number of hydrogen-bond donors (Lipinski definition) is 1. The first-order chi connectivity index (χ1) is 9.53. The van der Waals surface area contributed by atoms with Crippen LogP contribution in [0, 0.1) is 0 Å². The Hall–Kier alpha value is -1.50. The Morgan fingerprint density at radius 2 is 1.95 bits per heavy atom. The monoisotopic (exact) mass is 307 g/mol. The fourth-order valence-electron chi connectivity index (χ4n) is 2.22. The molecule has 0 atom stereocenters. The van der Waals surface area contributed by atoms with Crippen molar-refractivity contribution in [3.05, 3.63) is 41.4 Å². The lowest BCUT2D eigenvalue weighted by Gasteiger charge is -1.96. The van der Waals surface area contributed by atoms with Crippen molar-refractivity contribution >= 4 is 42.4 Å². The van der Waals surface area contributed by atoms with E-state index in [1.165, 1.54) is 0 Å². The van der Waals surface area contributed by atoms with Crippen LogP contribution < -0.4 is 0 Å². The van der Waals surface area contributed by atoms with Crippen molar-refractivity contribution in [1.82, 2.24) is 4.98 Å². The molecule has 104 valence electrons. The summed E-state index contributed by atoms with van der Waals surface area (Å²) in [4.78, 5) is 4.60. The summed E-state index contributed by atoms with van der Waals surface area (Å²) in [5, 5.41) is 3.16. The molecule has 4 nitrogen and oxygen atoms in total. The molecule has 0 fully saturated rings. The zero-order valence-corrected chi connectivity index (χ0v) is 12.2. The molecule has 0 unspecified atom stereocenters. The molecular formula is C14H13NO3S2. The summed E-state index contributed by atoms with van der Waals surface area (Å²) in [6, 6.07) is 12.2. The van der Waals surface area contributed by atoms with Gasteiger partial charge in [-0.2, -0.15) is 8.42 Å². The minimum absolute atomic E-state index is 0.219. The first-order valence-corrected chi connectivity index (χ1v) is 8.68. The molecule has 0 aliphatic carbocycles. The first-order valence-electron chi connectivity index (χ1n) is 6.25. The Bertz CT molecular complexity index is 868. The average Bonchev–Trinajstić information content (AvgIpc) is 2.80. The lowest BCUT2D eigenvalue weighted by molar-refractivity contribution is 0.481. The summed E-state index contributed by atoms with van der Waals surface area (Å²) in [5.74, 6) is -0.219. The van der Waals surface area contributed by atoms with E-state index < -0.39 is 10.1 Å². The highest BCUT2D eigenvalue weighted by Crippen LogP contribution is 2.29. The number of aryl methyl sites for hydroxylation is 1. The molecule has 1 heterocycles. The number of hydrogen-bond acceptors (Lipinski definition) is 4. The van der Waals surface area contributed by atoms with Crippen LogP contribution in [0.4, 0.5) is 0 Å². The number of fused-ring (bicyclic) bond motifs is 3. The summed E-state index contributed by atoms with van der Waals surface area (Å²) in [7, 11) is -3.88. The maximum Gasteiger partial charge on any atom is 0.264 e. The van der Waals surface area contributed by atoms with Gasteiger partial charge in [0.15, 0.2) is 0 Å². The highest BCUT2D eigenvalue weighted by molar-refractivity contribution is 7.85. The molecule has 1 N–H and O–H groups in total. The number of benzene rings is 2. The van der Waals surface area contributed by atoms with Crippen LogP contribution in [0.2, 0.25) is 0 Å². The van der Waals surface area contributed by atoms with Gasteiger partial charge < -0.3 is 0 Å². The molecule has 0 spiro atoms. The van der Waals surface area contributed by atoms with Gasteiger partial charge >= 0.3 is 0 Å². The Morgan fingerprint density at radius 3 is 2.75 bits per heavy atom. The van der Waals surface area contributed by atoms with E-state index in [0.717, 1.165) is 26.0 Å². The van der Waals surface area contributed by atoms with Gasteiger partial charge in [0.2, 0.25) is 0 Å². The maximum absolute atomic E-state index is 10.7. The molecule has 0 aliphatic rings. The number of aromatic nitrogens is 1. The number of rotatable bonds is 4. The van der Waals surface area contributed by atoms with Gasteiger partial charge in [0.1, 0.15) is 0 Å². The van der Waals surface area contributed by atoms with E-state index in [-0.39, 0.29) is 5.75 Å². The van der Waals surface area contributed by atoms with Gasteiger partial charge in [-0.3, -0.25) is 4.55 Å². The summed E-state index contributed by atoms with van der Waals surface area (Å²) in [6.45, 7) is 0. The maximum atomic E-state index is 10.7. The molecular weight excluding hydrogens is 294 g/mol. The molecule has 0 amide bonds. The fourth-order valence-corrected chi connectivity index (χ4v) is 3.75. The molecule has 0 bridgehead atoms. The van der Waals surface area contributed by atoms with Crippen LogP contribution in [0.3, 0.4) is 0 Å². The van der Waals surface area contributed by atoms with Crippen LogP contribution in [0.1, 0.15) is 11.4 Å². The van der Waals surface area contributed by atoms with Crippen molar-refractivity contribution in [2.75, 3.05) is 5.75 Å². The minimum Gasteiger partial charge on any atom is -0.286 e. The van der Waals surface area contributed by atoms with Gasteiger partial charge in [-0.05, 0) is 17.9 Å². The van der Waals surface area contributed by atoms with E-state index in [1.54, 1.807) is 11.3 Å². The van der Waals surface area contributed by atoms with Gasteiger partial charge in [-0.1, -0.05) is 30.3 Å². The number of nitrogens with zero attached hydrogens (tertiary/aromatic N) is 1. The molecule has 0 saturated heterocycles. The second-order valence-corrected chi connectivity index (χ2v) is 7.32. The highest BCUT2D eigenvalue weighted by atomic mass is 32.2. The van der Waals surface area contributed by atoms with E-state index in [0.29, 0.717) is 12.8 Å². The van der Waals surface area contributed by atoms with Crippen LogP contribution in [0.5, 0.6) is 0 Å². The SMILES string of the molecule is O=S(=O)(O)CCCc1nc2c(ccc3ccccc32)s1. The Morgan fingerprint density at radius 1 is 1.15 bits per heavy atom. The average molecular weight is 307 g/mol. The Labute approximate surface area is 120 Å². The Kier molecular flexibility index (Phi) is 3.45. The second-order valence-electron chi connectivity index (χ2n) is 4.63. The first kappa shape index (κ1) is 13.5. The molecule has 20 heavy (non-hydrogen) atoms. The van der Waals surface area contributed by atoms with E-state index in [1.807, 2.05) is 30.3 Å². The molecule has 2 aromatic carbocycles. The standard InChI is InChI=1S/C14H13NO3S2/c16-20(17,18)9-3-6-13-15-14-11-5-2-1-4-10(11)7-8-12(14)19-13/h1-2,4-5,7-8H,3,6,9H2,(H,16,17,18). The second kappa shape index (κ2) is 5.12. The van der Waals surface area contributed by atoms with Crippen LogP contribution in [0.25, 0.3) is 21.0 Å². The molecule has 1 aromatic heterocycles. The van der Waals surface area contributed by atoms with Crippen LogP contribution in [0.15, 0.2) is 36.4 Å². The van der Waals surface area contributed by atoms with Crippen molar-refractivity contribution in [2.24, 2.45) is 0 Å².